The van der Waals surface area contributed by atoms with Gasteiger partial charge in [0.05, 0.1) is 11.4 Å². The molecular weight excluding hydrogens is 351 g/mol. The molecule has 1 aliphatic heterocycles. The highest BCUT2D eigenvalue weighted by molar-refractivity contribution is 7.99. The zero-order valence-electron chi connectivity index (χ0n) is 14.8. The molecule has 0 aliphatic carbocycles. The van der Waals surface area contributed by atoms with E-state index in [4.69, 9.17) is 0 Å². The molecule has 5 nitrogen and oxygen atoms in total. The number of carbonyl (C=O) groups excluding carboxylic acids is 1. The number of carbonyl (C=O) groups is 1. The van der Waals surface area contributed by atoms with E-state index in [-0.39, 0.29) is 17.3 Å². The van der Waals surface area contributed by atoms with Gasteiger partial charge in [0.15, 0.2) is 0 Å². The Kier molecular flexibility index (Phi) is 6.44. The maximum Gasteiger partial charge on any atom is 0.234 e. The van der Waals surface area contributed by atoms with Crippen LogP contribution >= 0.6 is 11.8 Å². The molecule has 1 fully saturated rings. The molecule has 7 heteroatoms. The van der Waals surface area contributed by atoms with Crippen LogP contribution < -0.4 is 10.2 Å². The summed E-state index contributed by atoms with van der Waals surface area (Å²) in [7, 11) is 0. The SMILES string of the molecule is CC[C@@H]1CCCCN1c1cc(SCC(=O)Nc2ccccc2F)ncn1. The molecule has 3 rings (SSSR count). The molecule has 1 amide bonds. The van der Waals surface area contributed by atoms with Crippen LogP contribution in [0.25, 0.3) is 0 Å². The van der Waals surface area contributed by atoms with Gasteiger partial charge < -0.3 is 10.2 Å². The van der Waals surface area contributed by atoms with E-state index in [0.717, 1.165) is 23.8 Å². The molecular formula is C19H23FN4OS. The van der Waals surface area contributed by atoms with E-state index in [2.05, 4.69) is 27.1 Å². The van der Waals surface area contributed by atoms with Crippen molar-refractivity contribution in [1.82, 2.24) is 9.97 Å². The highest BCUT2D eigenvalue weighted by Crippen LogP contribution is 2.27. The summed E-state index contributed by atoms with van der Waals surface area (Å²) in [5.41, 5.74) is 0.195. The summed E-state index contributed by atoms with van der Waals surface area (Å²) >= 11 is 1.33. The zero-order chi connectivity index (χ0) is 18.4. The van der Waals surface area contributed by atoms with Crippen molar-refractivity contribution in [2.24, 2.45) is 0 Å². The minimum Gasteiger partial charge on any atom is -0.354 e. The lowest BCUT2D eigenvalue weighted by Crippen LogP contribution is -2.39. The second-order valence-corrected chi connectivity index (χ2v) is 7.28. The van der Waals surface area contributed by atoms with Gasteiger partial charge in [-0.2, -0.15) is 0 Å². The maximum atomic E-state index is 13.6. The van der Waals surface area contributed by atoms with Gasteiger partial charge in [0.25, 0.3) is 0 Å². The Balaban J connectivity index is 1.60. The summed E-state index contributed by atoms with van der Waals surface area (Å²) in [5.74, 6) is 0.390. The number of hydrogen-bond acceptors (Lipinski definition) is 5. The Hall–Kier alpha value is -2.15. The van der Waals surface area contributed by atoms with E-state index in [1.54, 1.807) is 24.5 Å². The average molecular weight is 374 g/mol. The number of halogens is 1. The maximum absolute atomic E-state index is 13.6. The summed E-state index contributed by atoms with van der Waals surface area (Å²) in [6.45, 7) is 3.21. The van der Waals surface area contributed by atoms with Crippen LogP contribution in [0.15, 0.2) is 41.7 Å². The van der Waals surface area contributed by atoms with Gasteiger partial charge >= 0.3 is 0 Å². The van der Waals surface area contributed by atoms with E-state index in [0.29, 0.717) is 6.04 Å². The molecule has 1 aromatic carbocycles. The third-order valence-electron chi connectivity index (χ3n) is 4.52. The molecule has 0 radical (unpaired) electrons. The van der Waals surface area contributed by atoms with Crippen LogP contribution in [0.4, 0.5) is 15.9 Å². The van der Waals surface area contributed by atoms with Crippen molar-refractivity contribution in [2.45, 2.75) is 43.7 Å². The zero-order valence-corrected chi connectivity index (χ0v) is 15.6. The van der Waals surface area contributed by atoms with Crippen LogP contribution in [0, 0.1) is 5.82 Å². The van der Waals surface area contributed by atoms with Gasteiger partial charge in [-0.1, -0.05) is 30.8 Å². The highest BCUT2D eigenvalue weighted by Gasteiger charge is 2.22. The Morgan fingerprint density at radius 3 is 3.00 bits per heavy atom. The van der Waals surface area contributed by atoms with E-state index in [1.165, 1.54) is 37.1 Å². The first-order valence-electron chi connectivity index (χ1n) is 8.93. The molecule has 1 N–H and O–H groups in total. The number of nitrogens with zero attached hydrogens (tertiary/aromatic N) is 3. The Morgan fingerprint density at radius 1 is 1.35 bits per heavy atom. The van der Waals surface area contributed by atoms with E-state index in [1.807, 2.05) is 6.07 Å². The molecule has 1 atom stereocenters. The molecule has 0 bridgehead atoms. The van der Waals surface area contributed by atoms with Gasteiger partial charge in [-0.05, 0) is 37.8 Å². The van der Waals surface area contributed by atoms with E-state index in [9.17, 15) is 9.18 Å². The third-order valence-corrected chi connectivity index (χ3v) is 5.44. The number of anilines is 2. The molecule has 2 aromatic rings. The first-order chi connectivity index (χ1) is 12.7. The van der Waals surface area contributed by atoms with Gasteiger partial charge in [0.2, 0.25) is 5.91 Å². The van der Waals surface area contributed by atoms with Gasteiger partial charge in [-0.15, -0.1) is 0 Å². The molecule has 1 aromatic heterocycles. The molecule has 1 saturated heterocycles. The number of hydrogen-bond donors (Lipinski definition) is 1. The van der Waals surface area contributed by atoms with Crippen LogP contribution in [0.1, 0.15) is 32.6 Å². The monoisotopic (exact) mass is 374 g/mol. The van der Waals surface area contributed by atoms with Gasteiger partial charge in [0, 0.05) is 18.7 Å². The number of rotatable bonds is 6. The minimum atomic E-state index is -0.439. The van der Waals surface area contributed by atoms with Crippen molar-refractivity contribution < 1.29 is 9.18 Å². The minimum absolute atomic E-state index is 0.169. The van der Waals surface area contributed by atoms with Crippen molar-refractivity contribution in [2.75, 3.05) is 22.5 Å². The number of para-hydroxylation sites is 1. The number of nitrogens with one attached hydrogen (secondary N) is 1. The first-order valence-corrected chi connectivity index (χ1v) is 9.92. The Morgan fingerprint density at radius 2 is 2.19 bits per heavy atom. The lowest BCUT2D eigenvalue weighted by atomic mass is 10.0. The molecule has 0 unspecified atom stereocenters. The molecule has 1 aliphatic rings. The van der Waals surface area contributed by atoms with Crippen molar-refractivity contribution in [1.29, 1.82) is 0 Å². The third kappa shape index (κ3) is 4.72. The van der Waals surface area contributed by atoms with Crippen molar-refractivity contribution in [3.05, 3.63) is 42.5 Å². The fourth-order valence-electron chi connectivity index (χ4n) is 3.18. The molecule has 138 valence electrons. The number of benzene rings is 1. The lowest BCUT2D eigenvalue weighted by Gasteiger charge is -2.36. The van der Waals surface area contributed by atoms with Crippen LogP contribution in [0.2, 0.25) is 0 Å². The van der Waals surface area contributed by atoms with Crippen molar-refractivity contribution in [3.63, 3.8) is 0 Å². The largest absolute Gasteiger partial charge is 0.354 e. The molecule has 0 saturated carbocycles. The standard InChI is InChI=1S/C19H23FN4OS/c1-2-14-7-5-6-10-24(14)17-11-19(22-13-21-17)26-12-18(25)23-16-9-4-3-8-15(16)20/h3-4,8-9,11,13-14H,2,5-7,10,12H2,1H3,(H,23,25)/t14-/m1/s1. The molecule has 0 spiro atoms. The van der Waals surface area contributed by atoms with E-state index >= 15 is 0 Å². The number of piperidine rings is 1. The van der Waals surface area contributed by atoms with Crippen molar-refractivity contribution >= 4 is 29.2 Å². The topological polar surface area (TPSA) is 58.1 Å². The van der Waals surface area contributed by atoms with Crippen molar-refractivity contribution in [3.8, 4) is 0 Å². The number of thioether (sulfide) groups is 1. The Labute approximate surface area is 157 Å². The summed E-state index contributed by atoms with van der Waals surface area (Å²) in [5, 5.41) is 3.34. The lowest BCUT2D eigenvalue weighted by molar-refractivity contribution is -0.113. The first kappa shape index (κ1) is 18.6. The summed E-state index contributed by atoms with van der Waals surface area (Å²) in [6, 6.07) is 8.59. The van der Waals surface area contributed by atoms with E-state index < -0.39 is 5.82 Å². The quantitative estimate of drug-likeness (QED) is 0.609. The molecule has 2 heterocycles. The summed E-state index contributed by atoms with van der Waals surface area (Å²) in [4.78, 5) is 23.1. The fourth-order valence-corrected chi connectivity index (χ4v) is 3.84. The normalized spacial score (nSPS) is 17.2. The predicted octanol–water partition coefficient (Wildman–Crippen LogP) is 4.12. The second kappa shape index (κ2) is 8.98. The highest BCUT2D eigenvalue weighted by atomic mass is 32.2. The number of amides is 1. The van der Waals surface area contributed by atoms with Gasteiger partial charge in [-0.25, -0.2) is 14.4 Å². The Bertz CT molecular complexity index is 758. The smallest absolute Gasteiger partial charge is 0.234 e. The average Bonchev–Trinajstić information content (AvgIpc) is 2.68. The second-order valence-electron chi connectivity index (χ2n) is 6.28. The van der Waals surface area contributed by atoms with Crippen LogP contribution in [-0.2, 0) is 4.79 Å². The summed E-state index contributed by atoms with van der Waals surface area (Å²) < 4.78 is 13.6. The van der Waals surface area contributed by atoms with Gasteiger partial charge in [-0.3, -0.25) is 4.79 Å². The summed E-state index contributed by atoms with van der Waals surface area (Å²) in [6.07, 6.45) is 6.27. The van der Waals surface area contributed by atoms with Crippen LogP contribution in [0.3, 0.4) is 0 Å². The molecule has 26 heavy (non-hydrogen) atoms. The van der Waals surface area contributed by atoms with Gasteiger partial charge in [0.1, 0.15) is 23.0 Å². The fraction of sp³-hybridized carbons (Fsp3) is 0.421. The predicted molar refractivity (Wildman–Crippen MR) is 103 cm³/mol. The van der Waals surface area contributed by atoms with Crippen LogP contribution in [-0.4, -0.2) is 34.2 Å². The van der Waals surface area contributed by atoms with Crippen LogP contribution in [0.5, 0.6) is 0 Å². The number of aromatic nitrogens is 2.